The first-order chi connectivity index (χ1) is 9.92. The molecule has 2 N–H and O–H groups in total. The van der Waals surface area contributed by atoms with E-state index in [1.54, 1.807) is 7.05 Å². The molecule has 0 bridgehead atoms. The zero-order chi connectivity index (χ0) is 15.6. The van der Waals surface area contributed by atoms with Crippen molar-refractivity contribution in [3.05, 3.63) is 29.1 Å². The van der Waals surface area contributed by atoms with Crippen LogP contribution in [0.15, 0.2) is 12.1 Å². The number of carbonyl (C=O) groups excluding carboxylic acids is 1. The van der Waals surface area contributed by atoms with E-state index in [0.717, 1.165) is 16.9 Å². The van der Waals surface area contributed by atoms with Crippen LogP contribution in [0, 0.1) is 13.8 Å². The van der Waals surface area contributed by atoms with Gasteiger partial charge in [-0.1, -0.05) is 6.07 Å². The maximum atomic E-state index is 11.4. The smallest absolute Gasteiger partial charge is 0.221 e. The minimum absolute atomic E-state index is 0.0606. The second kappa shape index (κ2) is 6.26. The lowest BCUT2D eigenvalue weighted by molar-refractivity contribution is -0.121. The van der Waals surface area contributed by atoms with Crippen LogP contribution in [0.4, 0.5) is 0 Å². The van der Waals surface area contributed by atoms with Crippen molar-refractivity contribution >= 4 is 16.9 Å². The SMILES string of the molecule is CNC(=O)C[C@@H](C)N(C)Cc1nc2c(C)c(C)ccc2[nH]1. The Bertz CT molecular complexity index is 647. The quantitative estimate of drug-likeness (QED) is 0.886. The van der Waals surface area contributed by atoms with E-state index < -0.39 is 0 Å². The molecule has 0 unspecified atom stereocenters. The lowest BCUT2D eigenvalue weighted by Gasteiger charge is -2.22. The molecule has 1 amide bonds. The van der Waals surface area contributed by atoms with Gasteiger partial charge in [-0.05, 0) is 45.0 Å². The minimum Gasteiger partial charge on any atom is -0.359 e. The van der Waals surface area contributed by atoms with Gasteiger partial charge < -0.3 is 10.3 Å². The Balaban J connectivity index is 2.12. The zero-order valence-electron chi connectivity index (χ0n) is 13.4. The summed E-state index contributed by atoms with van der Waals surface area (Å²) < 4.78 is 0. The van der Waals surface area contributed by atoms with Crippen LogP contribution in [0.1, 0.15) is 30.3 Å². The van der Waals surface area contributed by atoms with Crippen molar-refractivity contribution in [1.29, 1.82) is 0 Å². The molecule has 0 saturated carbocycles. The van der Waals surface area contributed by atoms with Crippen molar-refractivity contribution < 1.29 is 4.79 Å². The van der Waals surface area contributed by atoms with E-state index in [1.807, 2.05) is 14.0 Å². The highest BCUT2D eigenvalue weighted by Gasteiger charge is 2.15. The number of imidazole rings is 1. The Morgan fingerprint density at radius 2 is 2.14 bits per heavy atom. The number of aryl methyl sites for hydroxylation is 2. The van der Waals surface area contributed by atoms with Gasteiger partial charge in [0.1, 0.15) is 5.82 Å². The van der Waals surface area contributed by atoms with E-state index in [-0.39, 0.29) is 11.9 Å². The molecule has 1 aromatic carbocycles. The van der Waals surface area contributed by atoms with Crippen LogP contribution in [0.5, 0.6) is 0 Å². The van der Waals surface area contributed by atoms with Gasteiger partial charge in [-0.15, -0.1) is 0 Å². The second-order valence-corrected chi connectivity index (χ2v) is 5.73. The summed E-state index contributed by atoms with van der Waals surface area (Å²) in [4.78, 5) is 21.6. The Kier molecular flexibility index (Phi) is 4.63. The van der Waals surface area contributed by atoms with Crippen molar-refractivity contribution in [2.24, 2.45) is 0 Å². The number of amides is 1. The van der Waals surface area contributed by atoms with Gasteiger partial charge in [0.15, 0.2) is 0 Å². The molecule has 0 radical (unpaired) electrons. The third-order valence-electron chi connectivity index (χ3n) is 4.14. The first-order valence-electron chi connectivity index (χ1n) is 7.28. The first kappa shape index (κ1) is 15.5. The molecule has 0 spiro atoms. The Labute approximate surface area is 125 Å². The van der Waals surface area contributed by atoms with Crippen LogP contribution >= 0.6 is 0 Å². The highest BCUT2D eigenvalue weighted by molar-refractivity contribution is 5.79. The summed E-state index contributed by atoms with van der Waals surface area (Å²) in [7, 11) is 3.68. The summed E-state index contributed by atoms with van der Waals surface area (Å²) in [6.45, 7) is 6.94. The molecular formula is C16H24N4O. The van der Waals surface area contributed by atoms with Crippen LogP contribution in [0.3, 0.4) is 0 Å². The number of H-pyrrole nitrogens is 1. The molecule has 0 aliphatic rings. The minimum atomic E-state index is 0.0606. The summed E-state index contributed by atoms with van der Waals surface area (Å²) in [5.41, 5.74) is 4.58. The average molecular weight is 288 g/mol. The fourth-order valence-corrected chi connectivity index (χ4v) is 2.36. The van der Waals surface area contributed by atoms with E-state index >= 15 is 0 Å². The molecule has 1 heterocycles. The predicted molar refractivity (Wildman–Crippen MR) is 85.2 cm³/mol. The maximum absolute atomic E-state index is 11.4. The topological polar surface area (TPSA) is 61.0 Å². The molecule has 21 heavy (non-hydrogen) atoms. The average Bonchev–Trinajstić information content (AvgIpc) is 2.86. The predicted octanol–water partition coefficient (Wildman–Crippen LogP) is 2.14. The van der Waals surface area contributed by atoms with Gasteiger partial charge in [-0.3, -0.25) is 9.69 Å². The highest BCUT2D eigenvalue weighted by atomic mass is 16.1. The third kappa shape index (κ3) is 3.42. The fraction of sp³-hybridized carbons (Fsp3) is 0.500. The molecule has 5 heteroatoms. The van der Waals surface area contributed by atoms with E-state index in [9.17, 15) is 4.79 Å². The number of fused-ring (bicyclic) bond motifs is 1. The van der Waals surface area contributed by atoms with Gasteiger partial charge in [-0.2, -0.15) is 0 Å². The first-order valence-corrected chi connectivity index (χ1v) is 7.28. The van der Waals surface area contributed by atoms with Crippen molar-refractivity contribution in [3.8, 4) is 0 Å². The third-order valence-corrected chi connectivity index (χ3v) is 4.14. The van der Waals surface area contributed by atoms with Crippen molar-refractivity contribution in [3.63, 3.8) is 0 Å². The van der Waals surface area contributed by atoms with Crippen LogP contribution in [-0.4, -0.2) is 40.9 Å². The van der Waals surface area contributed by atoms with E-state index in [0.29, 0.717) is 13.0 Å². The highest BCUT2D eigenvalue weighted by Crippen LogP contribution is 2.20. The lowest BCUT2D eigenvalue weighted by Crippen LogP contribution is -2.34. The van der Waals surface area contributed by atoms with Crippen molar-refractivity contribution in [1.82, 2.24) is 20.2 Å². The number of aromatic nitrogens is 2. The zero-order valence-corrected chi connectivity index (χ0v) is 13.4. The summed E-state index contributed by atoms with van der Waals surface area (Å²) in [5, 5.41) is 2.66. The molecule has 0 aliphatic heterocycles. The Morgan fingerprint density at radius 1 is 1.43 bits per heavy atom. The van der Waals surface area contributed by atoms with Gasteiger partial charge in [0.25, 0.3) is 0 Å². The summed E-state index contributed by atoms with van der Waals surface area (Å²) in [6.07, 6.45) is 0.491. The number of hydrogen-bond donors (Lipinski definition) is 2. The van der Waals surface area contributed by atoms with Gasteiger partial charge in [0.2, 0.25) is 5.91 Å². The van der Waals surface area contributed by atoms with E-state index in [1.165, 1.54) is 11.1 Å². The van der Waals surface area contributed by atoms with E-state index in [4.69, 9.17) is 4.98 Å². The molecule has 0 saturated heterocycles. The molecule has 1 aromatic heterocycles. The molecule has 5 nitrogen and oxygen atoms in total. The second-order valence-electron chi connectivity index (χ2n) is 5.73. The molecule has 2 aromatic rings. The Hall–Kier alpha value is -1.88. The monoisotopic (exact) mass is 288 g/mol. The molecule has 114 valence electrons. The molecule has 1 atom stereocenters. The van der Waals surface area contributed by atoms with Crippen molar-refractivity contribution in [2.75, 3.05) is 14.1 Å². The lowest BCUT2D eigenvalue weighted by atomic mass is 10.1. The normalized spacial score (nSPS) is 12.9. The number of nitrogens with zero attached hydrogens (tertiary/aromatic N) is 2. The Morgan fingerprint density at radius 3 is 2.81 bits per heavy atom. The largest absolute Gasteiger partial charge is 0.359 e. The number of benzene rings is 1. The summed E-state index contributed by atoms with van der Waals surface area (Å²) >= 11 is 0. The molecular weight excluding hydrogens is 264 g/mol. The van der Waals surface area contributed by atoms with Crippen molar-refractivity contribution in [2.45, 2.75) is 39.8 Å². The molecule has 0 fully saturated rings. The van der Waals surface area contributed by atoms with Crippen LogP contribution in [-0.2, 0) is 11.3 Å². The standard InChI is InChI=1S/C16H24N4O/c1-10-6-7-13-16(12(10)3)19-14(18-13)9-20(5)11(2)8-15(21)17-4/h6-7,11H,8-9H2,1-5H3,(H,17,21)(H,18,19)/t11-/m1/s1. The fourth-order valence-electron chi connectivity index (χ4n) is 2.36. The van der Waals surface area contributed by atoms with Gasteiger partial charge >= 0.3 is 0 Å². The van der Waals surface area contributed by atoms with Crippen LogP contribution in [0.2, 0.25) is 0 Å². The number of carbonyl (C=O) groups is 1. The van der Waals surface area contributed by atoms with Crippen LogP contribution < -0.4 is 5.32 Å². The summed E-state index contributed by atoms with van der Waals surface area (Å²) in [6, 6.07) is 4.35. The molecule has 2 rings (SSSR count). The van der Waals surface area contributed by atoms with Gasteiger partial charge in [0.05, 0.1) is 17.6 Å². The number of nitrogens with one attached hydrogen (secondary N) is 2. The maximum Gasteiger partial charge on any atom is 0.221 e. The summed E-state index contributed by atoms with van der Waals surface area (Å²) in [5.74, 6) is 0.996. The number of rotatable bonds is 5. The van der Waals surface area contributed by atoms with E-state index in [2.05, 4.69) is 41.2 Å². The molecule has 0 aliphatic carbocycles. The van der Waals surface area contributed by atoms with Crippen LogP contribution in [0.25, 0.3) is 11.0 Å². The van der Waals surface area contributed by atoms with Gasteiger partial charge in [-0.25, -0.2) is 4.98 Å². The number of aromatic amines is 1. The van der Waals surface area contributed by atoms with Gasteiger partial charge in [0, 0.05) is 19.5 Å². The number of hydrogen-bond acceptors (Lipinski definition) is 3.